The van der Waals surface area contributed by atoms with Gasteiger partial charge in [-0.25, -0.2) is 13.4 Å². The molecule has 164 valence electrons. The van der Waals surface area contributed by atoms with Crippen molar-refractivity contribution in [2.75, 3.05) is 26.2 Å². The van der Waals surface area contributed by atoms with Crippen molar-refractivity contribution < 1.29 is 13.2 Å². The van der Waals surface area contributed by atoms with Crippen molar-refractivity contribution >= 4 is 27.3 Å². The molecule has 9 heteroatoms. The molecule has 2 saturated heterocycles. The number of aromatic nitrogens is 2. The van der Waals surface area contributed by atoms with Gasteiger partial charge in [0.2, 0.25) is 15.9 Å². The molecule has 4 rings (SSSR count). The Morgan fingerprint density at radius 2 is 1.97 bits per heavy atom. The molecule has 2 aromatic rings. The average Bonchev–Trinajstić information content (AvgIpc) is 3.35. The summed E-state index contributed by atoms with van der Waals surface area (Å²) in [6.45, 7) is 6.81. The Balaban J connectivity index is 1.66. The fourth-order valence-corrected chi connectivity index (χ4v) is 6.78. The third-order valence-electron chi connectivity index (χ3n) is 5.98. The van der Waals surface area contributed by atoms with E-state index in [2.05, 4.69) is 11.9 Å². The fourth-order valence-electron chi connectivity index (χ4n) is 4.31. The van der Waals surface area contributed by atoms with Crippen molar-refractivity contribution in [1.29, 1.82) is 0 Å². The van der Waals surface area contributed by atoms with Gasteiger partial charge in [0.15, 0.2) is 0 Å². The van der Waals surface area contributed by atoms with Gasteiger partial charge in [0.1, 0.15) is 16.4 Å². The molecule has 2 aliphatic heterocycles. The Morgan fingerprint density at radius 1 is 1.20 bits per heavy atom. The van der Waals surface area contributed by atoms with Crippen LogP contribution in [0.15, 0.2) is 22.5 Å². The van der Waals surface area contributed by atoms with E-state index in [9.17, 15) is 13.2 Å². The zero-order valence-corrected chi connectivity index (χ0v) is 19.3. The van der Waals surface area contributed by atoms with E-state index in [4.69, 9.17) is 0 Å². The Morgan fingerprint density at radius 3 is 2.63 bits per heavy atom. The first-order chi connectivity index (χ1) is 14.3. The number of nitrogens with zero attached hydrogens (tertiary/aromatic N) is 4. The molecule has 0 N–H and O–H groups in total. The maximum atomic E-state index is 13.3. The molecule has 0 bridgehead atoms. The lowest BCUT2D eigenvalue weighted by Gasteiger charge is -2.29. The maximum Gasteiger partial charge on any atom is 0.244 e. The predicted molar refractivity (Wildman–Crippen MR) is 118 cm³/mol. The number of aryl methyl sites for hydroxylation is 1. The molecule has 30 heavy (non-hydrogen) atoms. The third-order valence-corrected chi connectivity index (χ3v) is 8.79. The smallest absolute Gasteiger partial charge is 0.244 e. The molecule has 7 nitrogen and oxygen atoms in total. The van der Waals surface area contributed by atoms with Gasteiger partial charge in [-0.1, -0.05) is 6.92 Å². The quantitative estimate of drug-likeness (QED) is 0.700. The summed E-state index contributed by atoms with van der Waals surface area (Å²) in [4.78, 5) is 19.6. The second kappa shape index (κ2) is 8.80. The number of likely N-dealkylation sites (tertiary alicyclic amines) is 1. The molecular weight excluding hydrogens is 420 g/mol. The van der Waals surface area contributed by atoms with Gasteiger partial charge < -0.3 is 9.47 Å². The van der Waals surface area contributed by atoms with Gasteiger partial charge in [0, 0.05) is 43.4 Å². The van der Waals surface area contributed by atoms with E-state index in [1.807, 2.05) is 17.2 Å². The summed E-state index contributed by atoms with van der Waals surface area (Å²) >= 11 is 1.47. The van der Waals surface area contributed by atoms with Crippen LogP contribution in [-0.2, 0) is 21.4 Å². The second-order valence-corrected chi connectivity index (χ2v) is 11.3. The van der Waals surface area contributed by atoms with Gasteiger partial charge >= 0.3 is 0 Å². The van der Waals surface area contributed by atoms with E-state index in [0.717, 1.165) is 55.9 Å². The van der Waals surface area contributed by atoms with Crippen LogP contribution in [-0.4, -0.2) is 59.3 Å². The summed E-state index contributed by atoms with van der Waals surface area (Å²) in [5, 5.41) is 2.69. The summed E-state index contributed by atoms with van der Waals surface area (Å²) in [5.74, 6) is 0.396. The van der Waals surface area contributed by atoms with Crippen LogP contribution in [0.2, 0.25) is 0 Å². The third kappa shape index (κ3) is 4.48. The highest BCUT2D eigenvalue weighted by Gasteiger charge is 2.31. The molecular formula is C21H30N4O3S2. The zero-order valence-electron chi connectivity index (χ0n) is 17.7. The minimum Gasteiger partial charge on any atom is -0.341 e. The minimum absolute atomic E-state index is 0.0374. The number of hydrogen-bond donors (Lipinski definition) is 0. The average molecular weight is 451 g/mol. The predicted octanol–water partition coefficient (Wildman–Crippen LogP) is 3.35. The first-order valence-electron chi connectivity index (χ1n) is 10.7. The molecule has 1 unspecified atom stereocenters. The summed E-state index contributed by atoms with van der Waals surface area (Å²) in [7, 11) is -3.59. The molecule has 2 aromatic heterocycles. The number of hydrogen-bond acceptors (Lipinski definition) is 5. The van der Waals surface area contributed by atoms with Gasteiger partial charge in [-0.05, 0) is 51.0 Å². The van der Waals surface area contributed by atoms with Crippen LogP contribution in [0.4, 0.5) is 0 Å². The van der Waals surface area contributed by atoms with Crippen LogP contribution >= 0.6 is 11.3 Å². The molecule has 0 aliphatic carbocycles. The fraction of sp³-hybridized carbons (Fsp3) is 0.619. The molecule has 2 aliphatic rings. The lowest BCUT2D eigenvalue weighted by atomic mass is 10.0. The number of carbonyl (C=O) groups is 1. The van der Waals surface area contributed by atoms with Crippen molar-refractivity contribution in [2.45, 2.75) is 57.4 Å². The van der Waals surface area contributed by atoms with Gasteiger partial charge in [-0.15, -0.1) is 11.3 Å². The van der Waals surface area contributed by atoms with Gasteiger partial charge in [-0.3, -0.25) is 4.79 Å². The molecule has 2 fully saturated rings. The Bertz CT molecular complexity index is 1010. The normalized spacial score (nSPS) is 21.1. The largest absolute Gasteiger partial charge is 0.341 e. The topological polar surface area (TPSA) is 75.5 Å². The Hall–Kier alpha value is -1.71. The van der Waals surface area contributed by atoms with E-state index in [-0.39, 0.29) is 17.3 Å². The van der Waals surface area contributed by atoms with Gasteiger partial charge in [-0.2, -0.15) is 4.31 Å². The number of thiazole rings is 1. The molecule has 0 radical (unpaired) electrons. The molecule has 0 aromatic carbocycles. The molecule has 0 spiro atoms. The number of piperidine rings is 2. The SMILES string of the molecule is Cc1csc(-c2cc(S(=O)(=O)N3CCCC(C)C3)cn2CC(=O)N2CCCCC2)n1. The van der Waals surface area contributed by atoms with Crippen LogP contribution in [0, 0.1) is 12.8 Å². The van der Waals surface area contributed by atoms with Crippen molar-refractivity contribution in [1.82, 2.24) is 18.8 Å². The number of amides is 1. The van der Waals surface area contributed by atoms with Gasteiger partial charge in [0.25, 0.3) is 0 Å². The highest BCUT2D eigenvalue weighted by molar-refractivity contribution is 7.89. The summed E-state index contributed by atoms with van der Waals surface area (Å²) in [5.41, 5.74) is 1.58. The Kier molecular flexibility index (Phi) is 6.31. The first kappa shape index (κ1) is 21.5. The first-order valence-corrected chi connectivity index (χ1v) is 13.1. The number of carbonyl (C=O) groups excluding carboxylic acids is 1. The summed E-state index contributed by atoms with van der Waals surface area (Å²) in [6.07, 6.45) is 6.79. The minimum atomic E-state index is -3.59. The van der Waals surface area contributed by atoms with Crippen molar-refractivity contribution in [3.63, 3.8) is 0 Å². The lowest BCUT2D eigenvalue weighted by Crippen LogP contribution is -2.39. The van der Waals surface area contributed by atoms with Crippen molar-refractivity contribution in [3.8, 4) is 10.7 Å². The summed E-state index contributed by atoms with van der Waals surface area (Å²) in [6, 6.07) is 1.69. The summed E-state index contributed by atoms with van der Waals surface area (Å²) < 4.78 is 30.0. The van der Waals surface area contributed by atoms with E-state index < -0.39 is 10.0 Å². The maximum absolute atomic E-state index is 13.3. The van der Waals surface area contributed by atoms with Crippen LogP contribution in [0.1, 0.15) is 44.7 Å². The number of rotatable bonds is 5. The van der Waals surface area contributed by atoms with E-state index in [1.165, 1.54) is 11.3 Å². The highest BCUT2D eigenvalue weighted by atomic mass is 32.2. The van der Waals surface area contributed by atoms with E-state index in [0.29, 0.717) is 24.7 Å². The molecule has 0 saturated carbocycles. The monoisotopic (exact) mass is 450 g/mol. The van der Waals surface area contributed by atoms with Crippen molar-refractivity contribution in [3.05, 3.63) is 23.3 Å². The highest BCUT2D eigenvalue weighted by Crippen LogP contribution is 2.31. The lowest BCUT2D eigenvalue weighted by molar-refractivity contribution is -0.132. The number of sulfonamides is 1. The standard InChI is InChI=1S/C21H30N4O3S2/c1-16-7-6-10-25(12-16)30(27,28)18-11-19(21-22-17(2)15-29-21)24(13-18)14-20(26)23-8-4-3-5-9-23/h11,13,15-16H,3-10,12,14H2,1-2H3. The van der Waals surface area contributed by atoms with Crippen LogP contribution in [0.5, 0.6) is 0 Å². The Labute approximate surface area is 182 Å². The van der Waals surface area contributed by atoms with Crippen LogP contribution in [0.25, 0.3) is 10.7 Å². The molecule has 1 amide bonds. The zero-order chi connectivity index (χ0) is 21.3. The molecule has 1 atom stereocenters. The van der Waals surface area contributed by atoms with E-state index >= 15 is 0 Å². The van der Waals surface area contributed by atoms with Crippen LogP contribution in [0.3, 0.4) is 0 Å². The van der Waals surface area contributed by atoms with Crippen LogP contribution < -0.4 is 0 Å². The van der Waals surface area contributed by atoms with Gasteiger partial charge in [0.05, 0.1) is 5.69 Å². The molecule has 4 heterocycles. The van der Waals surface area contributed by atoms with E-state index in [1.54, 1.807) is 21.1 Å². The second-order valence-electron chi connectivity index (χ2n) is 8.53. The van der Waals surface area contributed by atoms with Crippen molar-refractivity contribution in [2.24, 2.45) is 5.92 Å².